The second-order valence-electron chi connectivity index (χ2n) is 2.85. The lowest BCUT2D eigenvalue weighted by Gasteiger charge is -1.94. The van der Waals surface area contributed by atoms with Gasteiger partial charge in [0.05, 0.1) is 6.21 Å². The molecule has 0 heterocycles. The van der Waals surface area contributed by atoms with Crippen LogP contribution in [0.2, 0.25) is 5.02 Å². The Balaban J connectivity index is 0.000000557. The molecule has 1 aromatic carbocycles. The first-order valence-electron chi connectivity index (χ1n) is 4.50. The van der Waals surface area contributed by atoms with Crippen LogP contribution in [0.3, 0.4) is 0 Å². The van der Waals surface area contributed by atoms with Crippen molar-refractivity contribution in [3.05, 3.63) is 34.9 Å². The van der Waals surface area contributed by atoms with Gasteiger partial charge in [0.15, 0.2) is 0 Å². The van der Waals surface area contributed by atoms with Crippen LogP contribution in [0.1, 0.15) is 12.5 Å². The molecule has 0 spiro atoms. The second kappa shape index (κ2) is 8.12. The van der Waals surface area contributed by atoms with E-state index in [1.54, 1.807) is 18.3 Å². The van der Waals surface area contributed by atoms with Gasteiger partial charge in [-0.05, 0) is 17.7 Å². The van der Waals surface area contributed by atoms with E-state index in [4.69, 9.17) is 32.6 Å². The van der Waals surface area contributed by atoms with E-state index in [1.807, 2.05) is 12.1 Å². The summed E-state index contributed by atoms with van der Waals surface area (Å²) in [4.78, 5) is 9.00. The lowest BCUT2D eigenvalue weighted by molar-refractivity contribution is -0.134. The third-order valence-electron chi connectivity index (χ3n) is 1.27. The summed E-state index contributed by atoms with van der Waals surface area (Å²) in [5.74, 6) is -1.02. The monoisotopic (exact) mass is 256 g/mol. The van der Waals surface area contributed by atoms with Crippen molar-refractivity contribution >= 4 is 29.7 Å². The van der Waals surface area contributed by atoms with E-state index >= 15 is 0 Å². The van der Waals surface area contributed by atoms with Crippen molar-refractivity contribution in [3.8, 4) is 0 Å². The normalized spacial score (nSPS) is 9.29. The molecule has 1 aromatic rings. The molecule has 0 aromatic heterocycles. The minimum absolute atomic E-state index is 0.190. The number of carbonyl (C=O) groups is 1. The minimum atomic E-state index is -0.833. The van der Waals surface area contributed by atoms with Crippen LogP contribution < -0.4 is 11.2 Å². The van der Waals surface area contributed by atoms with E-state index in [0.29, 0.717) is 5.02 Å². The van der Waals surface area contributed by atoms with Crippen LogP contribution in [0.5, 0.6) is 0 Å². The van der Waals surface area contributed by atoms with Crippen LogP contribution in [0.25, 0.3) is 0 Å². The van der Waals surface area contributed by atoms with Crippen molar-refractivity contribution in [2.24, 2.45) is 10.8 Å². The fraction of sp³-hybridized carbons (Fsp3) is 0.100. The predicted octanol–water partition coefficient (Wildman–Crippen LogP) is 1.25. The van der Waals surface area contributed by atoms with Crippen molar-refractivity contribution < 1.29 is 9.90 Å². The van der Waals surface area contributed by atoms with E-state index in [1.165, 1.54) is 0 Å². The molecule has 0 aliphatic heterocycles. The van der Waals surface area contributed by atoms with Crippen LogP contribution in [-0.2, 0) is 4.79 Å². The zero-order valence-electron chi connectivity index (χ0n) is 9.14. The number of hydrogen-bond donors (Lipinski definition) is 4. The maximum Gasteiger partial charge on any atom is 0.300 e. The molecule has 92 valence electrons. The number of hydrogen-bond acceptors (Lipinski definition) is 3. The van der Waals surface area contributed by atoms with Gasteiger partial charge in [0, 0.05) is 11.9 Å². The summed E-state index contributed by atoms with van der Waals surface area (Å²) in [7, 11) is 0. The molecule has 0 saturated carbocycles. The summed E-state index contributed by atoms with van der Waals surface area (Å²) >= 11 is 5.68. The highest BCUT2D eigenvalue weighted by atomic mass is 35.5. The quantitative estimate of drug-likeness (QED) is 0.362. The third-order valence-corrected chi connectivity index (χ3v) is 1.52. The Morgan fingerprint density at radius 2 is 2.00 bits per heavy atom. The van der Waals surface area contributed by atoms with Gasteiger partial charge in [-0.25, -0.2) is 5.43 Å². The van der Waals surface area contributed by atoms with Crippen molar-refractivity contribution in [2.75, 3.05) is 0 Å². The number of guanidine groups is 1. The number of aliphatic carboxylic acids is 1. The first-order valence-corrected chi connectivity index (χ1v) is 4.88. The summed E-state index contributed by atoms with van der Waals surface area (Å²) in [5, 5.41) is 18.6. The molecule has 0 amide bonds. The van der Waals surface area contributed by atoms with E-state index < -0.39 is 5.97 Å². The number of rotatable bonds is 2. The molecule has 6 nitrogen and oxygen atoms in total. The Morgan fingerprint density at radius 1 is 1.53 bits per heavy atom. The average molecular weight is 257 g/mol. The van der Waals surface area contributed by atoms with E-state index in [-0.39, 0.29) is 5.96 Å². The van der Waals surface area contributed by atoms with Crippen LogP contribution in [0.15, 0.2) is 29.4 Å². The highest BCUT2D eigenvalue weighted by Gasteiger charge is 1.87. The number of nitrogens with zero attached hydrogens (tertiary/aromatic N) is 1. The molecular weight excluding hydrogens is 244 g/mol. The number of carboxylic acid groups (broad SMARTS) is 1. The number of nitrogens with one attached hydrogen (secondary N) is 2. The number of benzene rings is 1. The van der Waals surface area contributed by atoms with E-state index in [9.17, 15) is 0 Å². The maximum absolute atomic E-state index is 9.00. The van der Waals surface area contributed by atoms with E-state index in [0.717, 1.165) is 12.5 Å². The number of hydrazone groups is 1. The summed E-state index contributed by atoms with van der Waals surface area (Å²) in [6, 6.07) is 7.15. The first-order chi connectivity index (χ1) is 7.91. The molecule has 0 unspecified atom stereocenters. The molecule has 0 saturated heterocycles. The second-order valence-corrected chi connectivity index (χ2v) is 3.29. The van der Waals surface area contributed by atoms with Gasteiger partial charge in [0.25, 0.3) is 5.97 Å². The molecule has 7 heteroatoms. The van der Waals surface area contributed by atoms with Crippen molar-refractivity contribution in [3.63, 3.8) is 0 Å². The summed E-state index contributed by atoms with van der Waals surface area (Å²) < 4.78 is 0. The Morgan fingerprint density at radius 3 is 2.41 bits per heavy atom. The largest absolute Gasteiger partial charge is 0.481 e. The van der Waals surface area contributed by atoms with Crippen LogP contribution in [0, 0.1) is 5.41 Å². The zero-order valence-corrected chi connectivity index (χ0v) is 9.90. The standard InChI is InChI=1S/C8H9ClN4.C2H4O2/c9-7-3-1-6(2-4-7)5-12-13-8(10)11;1-2(3)4/h1-5H,(H4,10,11,13);1H3,(H,3,4)/b12-5+;. The molecule has 0 aliphatic carbocycles. The van der Waals surface area contributed by atoms with Gasteiger partial charge in [0.1, 0.15) is 0 Å². The van der Waals surface area contributed by atoms with E-state index in [2.05, 4.69) is 10.5 Å². The lowest BCUT2D eigenvalue weighted by atomic mass is 10.2. The molecule has 0 aliphatic rings. The van der Waals surface area contributed by atoms with Crippen molar-refractivity contribution in [1.29, 1.82) is 5.41 Å². The van der Waals surface area contributed by atoms with Gasteiger partial charge in [-0.3, -0.25) is 10.2 Å². The Hall–Kier alpha value is -2.08. The van der Waals surface area contributed by atoms with Gasteiger partial charge in [0.2, 0.25) is 5.96 Å². The van der Waals surface area contributed by atoms with Crippen molar-refractivity contribution in [2.45, 2.75) is 6.92 Å². The van der Waals surface area contributed by atoms with Crippen LogP contribution in [-0.4, -0.2) is 23.2 Å². The lowest BCUT2D eigenvalue weighted by Crippen LogP contribution is -2.25. The molecule has 0 atom stereocenters. The Kier molecular flexibility index (Phi) is 7.12. The number of halogens is 1. The highest BCUT2D eigenvalue weighted by Crippen LogP contribution is 2.07. The average Bonchev–Trinajstić information content (AvgIpc) is 2.19. The molecule has 0 bridgehead atoms. The zero-order chi connectivity index (χ0) is 13.3. The predicted molar refractivity (Wildman–Crippen MR) is 67.4 cm³/mol. The van der Waals surface area contributed by atoms with Crippen molar-refractivity contribution in [1.82, 2.24) is 5.43 Å². The molecule has 0 fully saturated rings. The smallest absolute Gasteiger partial charge is 0.300 e. The Bertz CT molecular complexity index is 399. The highest BCUT2D eigenvalue weighted by molar-refractivity contribution is 6.30. The molecule has 1 rings (SSSR count). The summed E-state index contributed by atoms with van der Waals surface area (Å²) in [6.07, 6.45) is 1.55. The molecule has 5 N–H and O–H groups in total. The fourth-order valence-electron chi connectivity index (χ4n) is 0.725. The maximum atomic E-state index is 9.00. The van der Waals surface area contributed by atoms with Crippen LogP contribution >= 0.6 is 11.6 Å². The van der Waals surface area contributed by atoms with Gasteiger partial charge >= 0.3 is 0 Å². The summed E-state index contributed by atoms with van der Waals surface area (Å²) in [6.45, 7) is 1.08. The van der Waals surface area contributed by atoms with Gasteiger partial charge < -0.3 is 10.8 Å². The SMILES string of the molecule is CC(=O)O.N=C(N)N/N=C/c1ccc(Cl)cc1. The summed E-state index contributed by atoms with van der Waals surface area (Å²) in [5.41, 5.74) is 8.21. The topological polar surface area (TPSA) is 112 Å². The third kappa shape index (κ3) is 10.2. The van der Waals surface area contributed by atoms with Crippen LogP contribution in [0.4, 0.5) is 0 Å². The number of nitrogens with two attached hydrogens (primary N) is 1. The molecule has 17 heavy (non-hydrogen) atoms. The van der Waals surface area contributed by atoms with Gasteiger partial charge in [-0.2, -0.15) is 5.10 Å². The fourth-order valence-corrected chi connectivity index (χ4v) is 0.851. The Labute approximate surface area is 104 Å². The molecule has 0 radical (unpaired) electrons. The first kappa shape index (κ1) is 14.9. The minimum Gasteiger partial charge on any atom is -0.481 e. The molecular formula is C10H13ClN4O2. The number of carboxylic acids is 1. The van der Waals surface area contributed by atoms with Gasteiger partial charge in [-0.1, -0.05) is 23.7 Å². The van der Waals surface area contributed by atoms with Gasteiger partial charge in [-0.15, -0.1) is 0 Å².